The molecular weight excluding hydrogens is 204 g/mol. The average molecular weight is 216 g/mol. The Balaban J connectivity index is 2.22. The first-order chi connectivity index (χ1) is 7.25. The predicted molar refractivity (Wildman–Crippen MR) is 65.3 cm³/mol. The number of nitrogens with zero attached hydrogens (tertiary/aromatic N) is 2. The number of hydrogen-bond donors (Lipinski definition) is 0. The van der Waals surface area contributed by atoms with Crippen molar-refractivity contribution in [2.75, 3.05) is 0 Å². The summed E-state index contributed by atoms with van der Waals surface area (Å²) in [5.74, 6) is 0. The molecule has 2 rings (SSSR count). The summed E-state index contributed by atoms with van der Waals surface area (Å²) in [4.78, 5) is 8.62. The zero-order valence-corrected chi connectivity index (χ0v) is 9.58. The van der Waals surface area contributed by atoms with Gasteiger partial charge in [0.05, 0.1) is 5.69 Å². The van der Waals surface area contributed by atoms with E-state index in [0.29, 0.717) is 0 Å². The van der Waals surface area contributed by atoms with Crippen molar-refractivity contribution in [2.24, 2.45) is 4.99 Å². The first-order valence-electron chi connectivity index (χ1n) is 4.77. The number of hydrogen-bond acceptors (Lipinski definition) is 3. The third-order valence-electron chi connectivity index (χ3n) is 2.11. The Kier molecular flexibility index (Phi) is 2.92. The molecule has 76 valence electrons. The van der Waals surface area contributed by atoms with Crippen LogP contribution in [0.4, 0.5) is 5.13 Å². The van der Waals surface area contributed by atoms with Crippen LogP contribution < -0.4 is 0 Å². The lowest BCUT2D eigenvalue weighted by Crippen LogP contribution is -1.84. The van der Waals surface area contributed by atoms with Crippen molar-refractivity contribution in [3.63, 3.8) is 0 Å². The van der Waals surface area contributed by atoms with E-state index in [9.17, 15) is 0 Å². The molecule has 0 aliphatic rings. The van der Waals surface area contributed by atoms with Gasteiger partial charge >= 0.3 is 0 Å². The Labute approximate surface area is 93.3 Å². The van der Waals surface area contributed by atoms with Gasteiger partial charge in [-0.05, 0) is 25.0 Å². The van der Waals surface area contributed by atoms with E-state index in [1.807, 2.05) is 30.7 Å². The molecule has 0 aliphatic carbocycles. The first kappa shape index (κ1) is 10.1. The minimum atomic E-state index is 0.816. The fourth-order valence-electron chi connectivity index (χ4n) is 1.26. The number of aromatic nitrogens is 1. The summed E-state index contributed by atoms with van der Waals surface area (Å²) in [5.41, 5.74) is 3.40. The minimum Gasteiger partial charge on any atom is -0.227 e. The first-order valence-corrected chi connectivity index (χ1v) is 5.65. The normalized spacial score (nSPS) is 11.1. The minimum absolute atomic E-state index is 0.816. The molecular formula is C12H12N2S. The molecule has 0 radical (unpaired) electrons. The fraction of sp³-hybridized carbons (Fsp3) is 0.167. The maximum absolute atomic E-state index is 4.34. The summed E-state index contributed by atoms with van der Waals surface area (Å²) in [6, 6.07) is 8.18. The van der Waals surface area contributed by atoms with Crippen LogP contribution in [0.5, 0.6) is 0 Å². The van der Waals surface area contributed by atoms with Crippen LogP contribution in [0.25, 0.3) is 0 Å². The molecule has 0 spiro atoms. The van der Waals surface area contributed by atoms with E-state index >= 15 is 0 Å². The highest BCUT2D eigenvalue weighted by Crippen LogP contribution is 2.18. The highest BCUT2D eigenvalue weighted by atomic mass is 32.1. The molecule has 0 bridgehead atoms. The standard InChI is InChI=1S/C12H12N2S/c1-9-5-3-4-6-11(9)7-13-12-14-10(2)8-15-12/h3-8H,1-2H3/b13-7+. The van der Waals surface area contributed by atoms with Gasteiger partial charge < -0.3 is 0 Å². The Morgan fingerprint density at radius 2 is 2.07 bits per heavy atom. The third kappa shape index (κ3) is 2.50. The van der Waals surface area contributed by atoms with E-state index in [2.05, 4.69) is 29.0 Å². The van der Waals surface area contributed by atoms with E-state index in [4.69, 9.17) is 0 Å². The number of aliphatic imine (C=N–C) groups is 1. The van der Waals surface area contributed by atoms with Crippen molar-refractivity contribution in [3.8, 4) is 0 Å². The zero-order chi connectivity index (χ0) is 10.7. The van der Waals surface area contributed by atoms with E-state index in [0.717, 1.165) is 16.4 Å². The molecule has 3 heteroatoms. The maximum Gasteiger partial charge on any atom is 0.209 e. The lowest BCUT2D eigenvalue weighted by Gasteiger charge is -1.96. The van der Waals surface area contributed by atoms with Crippen molar-refractivity contribution in [1.82, 2.24) is 4.98 Å². The number of thiazole rings is 1. The molecule has 1 aromatic carbocycles. The molecule has 0 amide bonds. The maximum atomic E-state index is 4.34. The Morgan fingerprint density at radius 3 is 2.73 bits per heavy atom. The highest BCUT2D eigenvalue weighted by Gasteiger charge is 1.95. The molecule has 0 aliphatic heterocycles. The lowest BCUT2D eigenvalue weighted by atomic mass is 10.1. The smallest absolute Gasteiger partial charge is 0.209 e. The van der Waals surface area contributed by atoms with Crippen LogP contribution in [0.2, 0.25) is 0 Å². The Hall–Kier alpha value is -1.48. The predicted octanol–water partition coefficient (Wildman–Crippen LogP) is 3.51. The van der Waals surface area contributed by atoms with Gasteiger partial charge in [-0.1, -0.05) is 24.3 Å². The van der Waals surface area contributed by atoms with Crippen LogP contribution >= 0.6 is 11.3 Å². The Morgan fingerprint density at radius 1 is 1.27 bits per heavy atom. The van der Waals surface area contributed by atoms with Crippen molar-refractivity contribution < 1.29 is 0 Å². The topological polar surface area (TPSA) is 25.2 Å². The van der Waals surface area contributed by atoms with E-state index in [1.54, 1.807) is 11.3 Å². The van der Waals surface area contributed by atoms with E-state index < -0.39 is 0 Å². The summed E-state index contributed by atoms with van der Waals surface area (Å²) in [5, 5.41) is 2.82. The quantitative estimate of drug-likeness (QED) is 0.705. The van der Waals surface area contributed by atoms with Crippen molar-refractivity contribution in [1.29, 1.82) is 0 Å². The van der Waals surface area contributed by atoms with Crippen molar-refractivity contribution >= 4 is 22.7 Å². The molecule has 0 N–H and O–H groups in total. The van der Waals surface area contributed by atoms with Gasteiger partial charge in [0.15, 0.2) is 0 Å². The van der Waals surface area contributed by atoms with Gasteiger partial charge in [-0.3, -0.25) is 0 Å². The zero-order valence-electron chi connectivity index (χ0n) is 8.77. The second-order valence-corrected chi connectivity index (χ2v) is 4.22. The molecule has 2 nitrogen and oxygen atoms in total. The van der Waals surface area contributed by atoms with Crippen molar-refractivity contribution in [2.45, 2.75) is 13.8 Å². The van der Waals surface area contributed by atoms with Crippen molar-refractivity contribution in [3.05, 3.63) is 46.5 Å². The van der Waals surface area contributed by atoms with Crippen LogP contribution in [-0.4, -0.2) is 11.2 Å². The number of aryl methyl sites for hydroxylation is 2. The van der Waals surface area contributed by atoms with Gasteiger partial charge in [-0.15, -0.1) is 11.3 Å². The SMILES string of the molecule is Cc1csc(/N=C/c2ccccc2C)n1. The second-order valence-electron chi connectivity index (χ2n) is 3.39. The summed E-state index contributed by atoms with van der Waals surface area (Å²) in [7, 11) is 0. The molecule has 0 saturated carbocycles. The van der Waals surface area contributed by atoms with Gasteiger partial charge in [0, 0.05) is 11.6 Å². The molecule has 0 unspecified atom stereocenters. The fourth-order valence-corrected chi connectivity index (χ4v) is 1.90. The summed E-state index contributed by atoms with van der Waals surface area (Å²) in [6.45, 7) is 4.05. The van der Waals surface area contributed by atoms with Gasteiger partial charge in [0.25, 0.3) is 0 Å². The number of benzene rings is 1. The summed E-state index contributed by atoms with van der Waals surface area (Å²) >= 11 is 1.57. The second kappa shape index (κ2) is 4.36. The summed E-state index contributed by atoms with van der Waals surface area (Å²) < 4.78 is 0. The molecule has 1 aromatic heterocycles. The molecule has 0 saturated heterocycles. The number of rotatable bonds is 2. The van der Waals surface area contributed by atoms with Crippen LogP contribution in [0.3, 0.4) is 0 Å². The van der Waals surface area contributed by atoms with Gasteiger partial charge in [0.2, 0.25) is 5.13 Å². The van der Waals surface area contributed by atoms with Crippen LogP contribution in [0, 0.1) is 13.8 Å². The molecule has 0 fully saturated rings. The third-order valence-corrected chi connectivity index (χ3v) is 2.98. The molecule has 2 aromatic rings. The highest BCUT2D eigenvalue weighted by molar-refractivity contribution is 7.13. The molecule has 1 heterocycles. The van der Waals surface area contributed by atoms with Gasteiger partial charge in [-0.25, -0.2) is 9.98 Å². The van der Waals surface area contributed by atoms with E-state index in [-0.39, 0.29) is 0 Å². The largest absolute Gasteiger partial charge is 0.227 e. The van der Waals surface area contributed by atoms with Gasteiger partial charge in [-0.2, -0.15) is 0 Å². The van der Waals surface area contributed by atoms with Crippen LogP contribution in [0.15, 0.2) is 34.6 Å². The summed E-state index contributed by atoms with van der Waals surface area (Å²) in [6.07, 6.45) is 1.87. The average Bonchev–Trinajstić information content (AvgIpc) is 2.63. The van der Waals surface area contributed by atoms with E-state index in [1.165, 1.54) is 5.56 Å². The van der Waals surface area contributed by atoms with Crippen LogP contribution in [-0.2, 0) is 0 Å². The van der Waals surface area contributed by atoms with Gasteiger partial charge in [0.1, 0.15) is 0 Å². The molecule has 0 atom stereocenters. The Bertz CT molecular complexity index is 486. The van der Waals surface area contributed by atoms with Crippen LogP contribution in [0.1, 0.15) is 16.8 Å². The molecule has 15 heavy (non-hydrogen) atoms. The lowest BCUT2D eigenvalue weighted by molar-refractivity contribution is 1.25. The monoisotopic (exact) mass is 216 g/mol.